The number of carboxylic acid groups (broad SMARTS) is 1. The van der Waals surface area contributed by atoms with Crippen LogP contribution in [0.2, 0.25) is 0 Å². The van der Waals surface area contributed by atoms with E-state index in [1.54, 1.807) is 48.5 Å². The summed E-state index contributed by atoms with van der Waals surface area (Å²) >= 11 is 0. The van der Waals surface area contributed by atoms with Gasteiger partial charge in [-0.3, -0.25) is 4.79 Å². The third-order valence-electron chi connectivity index (χ3n) is 3.28. The van der Waals surface area contributed by atoms with Crippen LogP contribution >= 0.6 is 0 Å². The van der Waals surface area contributed by atoms with Crippen molar-refractivity contribution in [3.8, 4) is 11.5 Å². The maximum Gasteiger partial charge on any atom is 0.307 e. The van der Waals surface area contributed by atoms with Crippen molar-refractivity contribution < 1.29 is 19.7 Å². The van der Waals surface area contributed by atoms with Gasteiger partial charge in [-0.1, -0.05) is 60.7 Å². The van der Waals surface area contributed by atoms with Crippen LogP contribution in [-0.2, 0) is 17.8 Å². The van der Waals surface area contributed by atoms with E-state index in [0.29, 0.717) is 12.4 Å². The molecule has 0 aliphatic rings. The number of carbonyl (C=O) groups is 1. The number of rotatable bonds is 5. The van der Waals surface area contributed by atoms with E-state index in [1.807, 2.05) is 36.4 Å². The molecule has 0 radical (unpaired) electrons. The lowest BCUT2D eigenvalue weighted by Gasteiger charge is -2.06. The van der Waals surface area contributed by atoms with Gasteiger partial charge in [-0.15, -0.1) is 0 Å². The van der Waals surface area contributed by atoms with E-state index >= 15 is 0 Å². The summed E-state index contributed by atoms with van der Waals surface area (Å²) in [6.07, 6.45) is 0.0406. The van der Waals surface area contributed by atoms with Gasteiger partial charge in [0, 0.05) is 0 Å². The van der Waals surface area contributed by atoms with Crippen molar-refractivity contribution in [3.05, 3.63) is 96.1 Å². The predicted molar refractivity (Wildman–Crippen MR) is 96.7 cm³/mol. The molecule has 3 aromatic carbocycles. The first kappa shape index (κ1) is 18.1. The van der Waals surface area contributed by atoms with Gasteiger partial charge in [-0.25, -0.2) is 0 Å². The van der Waals surface area contributed by atoms with Crippen LogP contribution in [0.3, 0.4) is 0 Å². The second-order valence-electron chi connectivity index (χ2n) is 5.32. The first-order valence-corrected chi connectivity index (χ1v) is 7.85. The molecule has 3 rings (SSSR count). The van der Waals surface area contributed by atoms with E-state index in [-0.39, 0.29) is 6.42 Å². The molecule has 0 aliphatic heterocycles. The molecule has 0 bridgehead atoms. The van der Waals surface area contributed by atoms with Gasteiger partial charge in [0.25, 0.3) is 0 Å². The summed E-state index contributed by atoms with van der Waals surface area (Å²) in [5, 5.41) is 17.3. The maximum atomic E-state index is 10.5. The lowest BCUT2D eigenvalue weighted by atomic mass is 10.1. The summed E-state index contributed by atoms with van der Waals surface area (Å²) in [4.78, 5) is 10.5. The molecule has 0 saturated heterocycles. The number of carboxylic acids is 1. The second-order valence-corrected chi connectivity index (χ2v) is 5.32. The minimum Gasteiger partial charge on any atom is -0.508 e. The van der Waals surface area contributed by atoms with Gasteiger partial charge < -0.3 is 14.9 Å². The zero-order valence-electron chi connectivity index (χ0n) is 13.7. The molecule has 25 heavy (non-hydrogen) atoms. The Hall–Kier alpha value is -3.27. The highest BCUT2D eigenvalue weighted by Crippen LogP contribution is 2.14. The zero-order valence-corrected chi connectivity index (χ0v) is 13.7. The molecular formula is C21H20O4. The molecule has 0 saturated carbocycles. The molecule has 0 fully saturated rings. The molecule has 0 heterocycles. The molecule has 0 amide bonds. The van der Waals surface area contributed by atoms with Crippen LogP contribution in [0, 0.1) is 0 Å². The minimum absolute atomic E-state index is 0.0406. The molecule has 0 aliphatic carbocycles. The normalized spacial score (nSPS) is 9.60. The Morgan fingerprint density at radius 2 is 1.32 bits per heavy atom. The highest BCUT2D eigenvalue weighted by Gasteiger charge is 2.01. The van der Waals surface area contributed by atoms with Gasteiger partial charge in [-0.2, -0.15) is 0 Å². The number of ether oxygens (including phenoxy) is 1. The lowest BCUT2D eigenvalue weighted by Crippen LogP contribution is -2.00. The third kappa shape index (κ3) is 7.22. The van der Waals surface area contributed by atoms with Gasteiger partial charge in [0.15, 0.2) is 0 Å². The van der Waals surface area contributed by atoms with Crippen LogP contribution in [0.25, 0.3) is 0 Å². The molecular weight excluding hydrogens is 316 g/mol. The topological polar surface area (TPSA) is 66.8 Å². The number of phenolic OH excluding ortho intramolecular Hbond substituents is 1. The molecule has 4 nitrogen and oxygen atoms in total. The fourth-order valence-corrected chi connectivity index (χ4v) is 2.05. The molecule has 4 heteroatoms. The fraction of sp³-hybridized carbons (Fsp3) is 0.0952. The van der Waals surface area contributed by atoms with E-state index in [9.17, 15) is 4.79 Å². The van der Waals surface area contributed by atoms with Crippen molar-refractivity contribution in [1.29, 1.82) is 0 Å². The number of phenols is 1. The number of hydrogen-bond donors (Lipinski definition) is 2. The van der Waals surface area contributed by atoms with Crippen LogP contribution < -0.4 is 4.74 Å². The van der Waals surface area contributed by atoms with Crippen LogP contribution in [0.4, 0.5) is 0 Å². The Labute approximate surface area is 147 Å². The summed E-state index contributed by atoms with van der Waals surface area (Å²) < 4.78 is 5.60. The molecule has 2 N–H and O–H groups in total. The highest BCUT2D eigenvalue weighted by atomic mass is 16.5. The number of hydrogen-bond acceptors (Lipinski definition) is 3. The average Bonchev–Trinajstić information content (AvgIpc) is 2.63. The maximum absolute atomic E-state index is 10.5. The highest BCUT2D eigenvalue weighted by molar-refractivity contribution is 5.70. The molecule has 0 unspecified atom stereocenters. The van der Waals surface area contributed by atoms with Gasteiger partial charge in [0.1, 0.15) is 18.1 Å². The Morgan fingerprint density at radius 1 is 0.760 bits per heavy atom. The predicted octanol–water partition coefficient (Wildman–Crippen LogP) is 4.28. The summed E-state index contributed by atoms with van der Waals surface area (Å²) in [5.41, 5.74) is 1.88. The summed E-state index contributed by atoms with van der Waals surface area (Å²) in [7, 11) is 0. The number of benzene rings is 3. The average molecular weight is 336 g/mol. The molecule has 3 aromatic rings. The number of aromatic hydroxyl groups is 1. The quantitative estimate of drug-likeness (QED) is 0.729. The van der Waals surface area contributed by atoms with Gasteiger partial charge >= 0.3 is 5.97 Å². The summed E-state index contributed by atoms with van der Waals surface area (Å²) in [5.74, 6) is 0.239. The van der Waals surface area contributed by atoms with Gasteiger partial charge in [0.2, 0.25) is 0 Å². The van der Waals surface area contributed by atoms with Crippen molar-refractivity contribution in [2.45, 2.75) is 13.0 Å². The van der Waals surface area contributed by atoms with Crippen molar-refractivity contribution in [3.63, 3.8) is 0 Å². The van der Waals surface area contributed by atoms with Crippen molar-refractivity contribution >= 4 is 5.97 Å². The molecule has 0 spiro atoms. The van der Waals surface area contributed by atoms with Crippen LogP contribution in [-0.4, -0.2) is 16.2 Å². The fourth-order valence-electron chi connectivity index (χ4n) is 2.05. The Morgan fingerprint density at radius 3 is 1.80 bits per heavy atom. The first-order valence-electron chi connectivity index (χ1n) is 7.85. The van der Waals surface area contributed by atoms with E-state index < -0.39 is 5.97 Å². The molecule has 0 aromatic heterocycles. The van der Waals surface area contributed by atoms with E-state index in [0.717, 1.165) is 16.9 Å². The van der Waals surface area contributed by atoms with E-state index in [2.05, 4.69) is 0 Å². The van der Waals surface area contributed by atoms with E-state index in [4.69, 9.17) is 14.9 Å². The number of para-hydroxylation sites is 1. The molecule has 128 valence electrons. The Bertz CT molecular complexity index is 753. The van der Waals surface area contributed by atoms with Crippen molar-refractivity contribution in [1.82, 2.24) is 0 Å². The zero-order chi connectivity index (χ0) is 17.9. The standard InChI is InChI=1S/C15H14O3.C6H6O/c16-15(17)10-12-6-8-14(9-7-12)18-11-13-4-2-1-3-5-13;7-6-4-2-1-3-5-6/h1-9H,10-11H2,(H,16,17);1-5,7H. The van der Waals surface area contributed by atoms with Crippen LogP contribution in [0.15, 0.2) is 84.9 Å². The minimum atomic E-state index is -0.826. The Balaban J connectivity index is 0.000000269. The van der Waals surface area contributed by atoms with Crippen molar-refractivity contribution in [2.24, 2.45) is 0 Å². The monoisotopic (exact) mass is 336 g/mol. The smallest absolute Gasteiger partial charge is 0.307 e. The SMILES string of the molecule is O=C(O)Cc1ccc(OCc2ccccc2)cc1.Oc1ccccc1. The van der Waals surface area contributed by atoms with Gasteiger partial charge in [0.05, 0.1) is 6.42 Å². The van der Waals surface area contributed by atoms with Crippen LogP contribution in [0.1, 0.15) is 11.1 Å². The van der Waals surface area contributed by atoms with Crippen molar-refractivity contribution in [2.75, 3.05) is 0 Å². The largest absolute Gasteiger partial charge is 0.508 e. The lowest BCUT2D eigenvalue weighted by molar-refractivity contribution is -0.136. The Kier molecular flexibility index (Phi) is 7.07. The van der Waals surface area contributed by atoms with E-state index in [1.165, 1.54) is 0 Å². The first-order chi connectivity index (χ1) is 12.1. The van der Waals surface area contributed by atoms with Gasteiger partial charge in [-0.05, 0) is 35.4 Å². The third-order valence-corrected chi connectivity index (χ3v) is 3.28. The van der Waals surface area contributed by atoms with Crippen LogP contribution in [0.5, 0.6) is 11.5 Å². The summed E-state index contributed by atoms with van der Waals surface area (Å²) in [6, 6.07) is 25.7. The summed E-state index contributed by atoms with van der Waals surface area (Å²) in [6.45, 7) is 0.513. The number of aliphatic carboxylic acids is 1. The molecule has 0 atom stereocenters. The second kappa shape index (κ2) is 9.78.